The first kappa shape index (κ1) is 23.4. The van der Waals surface area contributed by atoms with E-state index in [9.17, 15) is 19.2 Å². The monoisotopic (exact) mass is 417 g/mol. The van der Waals surface area contributed by atoms with Gasteiger partial charge in [0, 0.05) is 5.69 Å². The van der Waals surface area contributed by atoms with E-state index in [-0.39, 0.29) is 5.92 Å². The average molecular weight is 418 g/mol. The highest BCUT2D eigenvalue weighted by atomic mass is 16.5. The van der Waals surface area contributed by atoms with E-state index in [0.29, 0.717) is 18.5 Å². The third-order valence-corrected chi connectivity index (χ3v) is 5.59. The Morgan fingerprint density at radius 3 is 2.33 bits per heavy atom. The lowest BCUT2D eigenvalue weighted by Crippen LogP contribution is -2.46. The van der Waals surface area contributed by atoms with Gasteiger partial charge in [-0.25, -0.2) is 4.79 Å². The summed E-state index contributed by atoms with van der Waals surface area (Å²) in [5, 5.41) is 5.49. The van der Waals surface area contributed by atoms with Crippen LogP contribution in [0.4, 0.5) is 10.5 Å². The Morgan fingerprint density at radius 1 is 1.17 bits per heavy atom. The van der Waals surface area contributed by atoms with E-state index in [2.05, 4.69) is 10.6 Å². The first-order chi connectivity index (χ1) is 14.1. The van der Waals surface area contributed by atoms with Crippen LogP contribution in [0.3, 0.4) is 0 Å². The molecule has 1 saturated heterocycles. The number of benzene rings is 1. The molecule has 8 nitrogen and oxygen atoms in total. The Balaban J connectivity index is 2.02. The average Bonchev–Trinajstić information content (AvgIpc) is 2.93. The van der Waals surface area contributed by atoms with Crippen molar-refractivity contribution in [1.29, 1.82) is 0 Å². The highest BCUT2D eigenvalue weighted by Gasteiger charge is 2.49. The number of carbonyl (C=O) groups excluding carboxylic acids is 4. The van der Waals surface area contributed by atoms with Crippen LogP contribution in [-0.2, 0) is 19.1 Å². The minimum absolute atomic E-state index is 0.204. The summed E-state index contributed by atoms with van der Waals surface area (Å²) in [6, 6.07) is 5.13. The standard InChI is InChI=1S/C22H31N3O5/c1-7-22(8-2)20(28)25(21(29)24-22)12-17(26)30-15(6)19(27)23-18-14(5)10-9-11-16(18)13(3)4/h9-11,13,15H,7-8,12H2,1-6H3,(H,23,27)(H,24,29)/t15-/m1/s1. The van der Waals surface area contributed by atoms with E-state index in [1.165, 1.54) is 6.92 Å². The Kier molecular flexibility index (Phi) is 7.23. The molecule has 1 aromatic rings. The summed E-state index contributed by atoms with van der Waals surface area (Å²) in [6.07, 6.45) is -0.236. The molecular weight excluding hydrogens is 386 g/mol. The number of aryl methyl sites for hydroxylation is 1. The molecule has 1 heterocycles. The molecule has 1 fully saturated rings. The molecular formula is C22H31N3O5. The molecule has 4 amide bonds. The molecule has 0 unspecified atom stereocenters. The maximum absolute atomic E-state index is 12.6. The van der Waals surface area contributed by atoms with Crippen LogP contribution in [0.15, 0.2) is 18.2 Å². The summed E-state index contributed by atoms with van der Waals surface area (Å²) in [5.74, 6) is -1.55. The van der Waals surface area contributed by atoms with E-state index in [1.807, 2.05) is 39.0 Å². The van der Waals surface area contributed by atoms with Gasteiger partial charge in [-0.2, -0.15) is 0 Å². The van der Waals surface area contributed by atoms with Gasteiger partial charge < -0.3 is 15.4 Å². The number of hydrogen-bond donors (Lipinski definition) is 2. The summed E-state index contributed by atoms with van der Waals surface area (Å²) in [4.78, 5) is 50.5. The number of nitrogens with one attached hydrogen (secondary N) is 2. The zero-order valence-corrected chi connectivity index (χ0v) is 18.5. The van der Waals surface area contributed by atoms with Gasteiger partial charge in [0.05, 0.1) is 0 Å². The Labute approximate surface area is 177 Å². The largest absolute Gasteiger partial charge is 0.451 e. The number of urea groups is 1. The number of amides is 4. The van der Waals surface area contributed by atoms with Crippen LogP contribution >= 0.6 is 0 Å². The number of hydrogen-bond acceptors (Lipinski definition) is 5. The van der Waals surface area contributed by atoms with Crippen LogP contribution in [0, 0.1) is 6.92 Å². The summed E-state index contributed by atoms with van der Waals surface area (Å²) in [6.45, 7) is 10.5. The number of ether oxygens (including phenoxy) is 1. The lowest BCUT2D eigenvalue weighted by atomic mass is 9.93. The van der Waals surface area contributed by atoms with Gasteiger partial charge in [-0.3, -0.25) is 19.3 Å². The molecule has 2 rings (SSSR count). The first-order valence-electron chi connectivity index (χ1n) is 10.3. The number of rotatable bonds is 8. The highest BCUT2D eigenvalue weighted by molar-refractivity contribution is 6.08. The van der Waals surface area contributed by atoms with Crippen LogP contribution in [0.2, 0.25) is 0 Å². The van der Waals surface area contributed by atoms with Gasteiger partial charge in [0.2, 0.25) is 0 Å². The van der Waals surface area contributed by atoms with Gasteiger partial charge in [-0.15, -0.1) is 0 Å². The van der Waals surface area contributed by atoms with E-state index >= 15 is 0 Å². The fourth-order valence-electron chi connectivity index (χ4n) is 3.53. The molecule has 0 aromatic heterocycles. The van der Waals surface area contributed by atoms with Gasteiger partial charge >= 0.3 is 12.0 Å². The number of para-hydroxylation sites is 1. The summed E-state index contributed by atoms with van der Waals surface area (Å²) < 4.78 is 5.19. The Morgan fingerprint density at radius 2 is 1.80 bits per heavy atom. The van der Waals surface area contributed by atoms with Gasteiger partial charge in [-0.05, 0) is 43.7 Å². The molecule has 8 heteroatoms. The molecule has 30 heavy (non-hydrogen) atoms. The van der Waals surface area contributed by atoms with E-state index < -0.39 is 42.0 Å². The molecule has 0 bridgehead atoms. The van der Waals surface area contributed by atoms with Gasteiger partial charge in [0.1, 0.15) is 12.1 Å². The smallest absolute Gasteiger partial charge is 0.327 e. The van der Waals surface area contributed by atoms with Crippen molar-refractivity contribution < 1.29 is 23.9 Å². The van der Waals surface area contributed by atoms with Crippen molar-refractivity contribution in [1.82, 2.24) is 10.2 Å². The van der Waals surface area contributed by atoms with Crippen LogP contribution in [-0.4, -0.2) is 46.9 Å². The fourth-order valence-corrected chi connectivity index (χ4v) is 3.53. The number of nitrogens with zero attached hydrogens (tertiary/aromatic N) is 1. The summed E-state index contributed by atoms with van der Waals surface area (Å²) in [5.41, 5.74) is 1.60. The normalized spacial score (nSPS) is 16.4. The van der Waals surface area contributed by atoms with Crippen molar-refractivity contribution in [3.05, 3.63) is 29.3 Å². The highest BCUT2D eigenvalue weighted by Crippen LogP contribution is 2.28. The van der Waals surface area contributed by atoms with Crippen molar-refractivity contribution in [2.75, 3.05) is 11.9 Å². The van der Waals surface area contributed by atoms with Gasteiger partial charge in [-0.1, -0.05) is 45.9 Å². The van der Waals surface area contributed by atoms with E-state index in [0.717, 1.165) is 16.0 Å². The summed E-state index contributed by atoms with van der Waals surface area (Å²) in [7, 11) is 0. The van der Waals surface area contributed by atoms with Crippen LogP contribution in [0.25, 0.3) is 0 Å². The van der Waals surface area contributed by atoms with Crippen molar-refractivity contribution in [3.63, 3.8) is 0 Å². The number of esters is 1. The molecule has 1 aromatic carbocycles. The quantitative estimate of drug-likeness (QED) is 0.500. The van der Waals surface area contributed by atoms with Crippen molar-refractivity contribution in [2.24, 2.45) is 0 Å². The molecule has 0 saturated carbocycles. The maximum atomic E-state index is 12.6. The van der Waals surface area contributed by atoms with Gasteiger partial charge in [0.15, 0.2) is 6.10 Å². The third-order valence-electron chi connectivity index (χ3n) is 5.59. The summed E-state index contributed by atoms with van der Waals surface area (Å²) >= 11 is 0. The zero-order chi connectivity index (χ0) is 22.6. The molecule has 1 atom stereocenters. The fraction of sp³-hybridized carbons (Fsp3) is 0.545. The Bertz CT molecular complexity index is 845. The molecule has 0 spiro atoms. The lowest BCUT2D eigenvalue weighted by molar-refractivity contribution is -0.155. The van der Waals surface area contributed by atoms with E-state index in [4.69, 9.17) is 4.74 Å². The van der Waals surface area contributed by atoms with Gasteiger partial charge in [0.25, 0.3) is 11.8 Å². The molecule has 1 aliphatic rings. The van der Waals surface area contributed by atoms with Crippen molar-refractivity contribution >= 4 is 29.5 Å². The third kappa shape index (κ3) is 4.63. The van der Waals surface area contributed by atoms with Crippen LogP contribution in [0.5, 0.6) is 0 Å². The number of anilines is 1. The topological polar surface area (TPSA) is 105 Å². The predicted molar refractivity (Wildman–Crippen MR) is 113 cm³/mol. The molecule has 1 aliphatic heterocycles. The molecule has 0 radical (unpaired) electrons. The maximum Gasteiger partial charge on any atom is 0.327 e. The number of carbonyl (C=O) groups is 4. The minimum atomic E-state index is -1.08. The second kappa shape index (κ2) is 9.28. The molecule has 0 aliphatic carbocycles. The lowest BCUT2D eigenvalue weighted by Gasteiger charge is -2.23. The van der Waals surface area contributed by atoms with Crippen LogP contribution < -0.4 is 10.6 Å². The molecule has 2 N–H and O–H groups in total. The number of imide groups is 1. The zero-order valence-electron chi connectivity index (χ0n) is 18.5. The first-order valence-corrected chi connectivity index (χ1v) is 10.3. The SMILES string of the molecule is CCC1(CC)NC(=O)N(CC(=O)O[C@H](C)C(=O)Nc2c(C)cccc2C(C)C)C1=O. The van der Waals surface area contributed by atoms with Crippen molar-refractivity contribution in [3.8, 4) is 0 Å². The Hall–Kier alpha value is -2.90. The molecule has 164 valence electrons. The minimum Gasteiger partial charge on any atom is -0.451 e. The van der Waals surface area contributed by atoms with E-state index in [1.54, 1.807) is 13.8 Å². The predicted octanol–water partition coefficient (Wildman–Crippen LogP) is 3.10. The van der Waals surface area contributed by atoms with Crippen molar-refractivity contribution in [2.45, 2.75) is 71.9 Å². The van der Waals surface area contributed by atoms with Crippen LogP contribution in [0.1, 0.15) is 64.5 Å². The second-order valence-electron chi connectivity index (χ2n) is 7.93. The second-order valence-corrected chi connectivity index (χ2v) is 7.93.